The maximum absolute atomic E-state index is 13.2. The van der Waals surface area contributed by atoms with E-state index in [0.717, 1.165) is 11.3 Å². The molecular formula is C13H13FN4O2S2. The van der Waals surface area contributed by atoms with Crippen LogP contribution in [0.5, 0.6) is 0 Å². The summed E-state index contributed by atoms with van der Waals surface area (Å²) in [6, 6.07) is 4.00. The number of rotatable bonds is 4. The molecule has 0 amide bonds. The lowest BCUT2D eigenvalue weighted by Gasteiger charge is -2.05. The van der Waals surface area contributed by atoms with E-state index in [2.05, 4.69) is 20.2 Å². The van der Waals surface area contributed by atoms with Gasteiger partial charge in [-0.25, -0.2) is 22.8 Å². The Morgan fingerprint density at radius 2 is 2.14 bits per heavy atom. The number of nitrogens with zero attached hydrogens (tertiary/aromatic N) is 3. The minimum atomic E-state index is -3.72. The molecule has 1 N–H and O–H groups in total. The van der Waals surface area contributed by atoms with E-state index in [1.54, 1.807) is 0 Å². The van der Waals surface area contributed by atoms with E-state index in [9.17, 15) is 12.8 Å². The maximum atomic E-state index is 13.2. The fourth-order valence-corrected chi connectivity index (χ4v) is 4.74. The van der Waals surface area contributed by atoms with Crippen LogP contribution in [0.2, 0.25) is 0 Å². The minimum absolute atomic E-state index is 0.0524. The van der Waals surface area contributed by atoms with E-state index in [4.69, 9.17) is 0 Å². The third kappa shape index (κ3) is 2.50. The first kappa shape index (κ1) is 15.0. The van der Waals surface area contributed by atoms with E-state index >= 15 is 0 Å². The van der Waals surface area contributed by atoms with Crippen molar-refractivity contribution in [3.8, 4) is 0 Å². The van der Waals surface area contributed by atoms with Gasteiger partial charge in [-0.2, -0.15) is 5.10 Å². The Labute approximate surface area is 130 Å². The predicted molar refractivity (Wildman–Crippen MR) is 80.9 cm³/mol. The second-order valence-corrected chi connectivity index (χ2v) is 8.25. The molecule has 3 rings (SSSR count). The number of hydrogen-bond donors (Lipinski definition) is 1. The molecule has 1 unspecified atom stereocenters. The summed E-state index contributed by atoms with van der Waals surface area (Å²) < 4.78 is 38.9. The van der Waals surface area contributed by atoms with Crippen molar-refractivity contribution in [2.45, 2.75) is 29.9 Å². The SMILES string of the molecule is CCc1nc(C(C)S(=O)(=O)c2nc3ccc(F)cc3s2)n[nH]1. The van der Waals surface area contributed by atoms with Crippen molar-refractivity contribution in [2.75, 3.05) is 0 Å². The number of benzene rings is 1. The van der Waals surface area contributed by atoms with Crippen LogP contribution in [-0.4, -0.2) is 28.6 Å². The monoisotopic (exact) mass is 340 g/mol. The Balaban J connectivity index is 2.03. The number of H-pyrrole nitrogens is 1. The first-order valence-corrected chi connectivity index (χ1v) is 8.99. The zero-order chi connectivity index (χ0) is 15.9. The predicted octanol–water partition coefficient (Wildman–Crippen LogP) is 2.65. The molecule has 0 aliphatic rings. The molecule has 0 radical (unpaired) electrons. The first-order valence-electron chi connectivity index (χ1n) is 6.63. The van der Waals surface area contributed by atoms with Crippen molar-refractivity contribution in [1.82, 2.24) is 20.2 Å². The van der Waals surface area contributed by atoms with Gasteiger partial charge in [-0.3, -0.25) is 5.10 Å². The van der Waals surface area contributed by atoms with Gasteiger partial charge in [0.25, 0.3) is 0 Å². The zero-order valence-corrected chi connectivity index (χ0v) is 13.5. The van der Waals surface area contributed by atoms with Crippen LogP contribution >= 0.6 is 11.3 Å². The fraction of sp³-hybridized carbons (Fsp3) is 0.308. The summed E-state index contributed by atoms with van der Waals surface area (Å²) in [5, 5.41) is 5.73. The van der Waals surface area contributed by atoms with Gasteiger partial charge >= 0.3 is 0 Å². The molecule has 1 aromatic carbocycles. The average Bonchev–Trinajstić information content (AvgIpc) is 3.12. The summed E-state index contributed by atoms with van der Waals surface area (Å²) in [6.45, 7) is 3.41. The van der Waals surface area contributed by atoms with Gasteiger partial charge in [-0.15, -0.1) is 11.3 Å². The van der Waals surface area contributed by atoms with E-state index in [0.29, 0.717) is 22.5 Å². The van der Waals surface area contributed by atoms with Crippen molar-refractivity contribution in [2.24, 2.45) is 0 Å². The molecule has 6 nitrogen and oxygen atoms in total. The second kappa shape index (κ2) is 5.40. The number of aromatic amines is 1. The third-order valence-corrected chi connectivity index (χ3v) is 6.77. The van der Waals surface area contributed by atoms with E-state index in [1.807, 2.05) is 6.92 Å². The summed E-state index contributed by atoms with van der Waals surface area (Å²) in [4.78, 5) is 8.26. The lowest BCUT2D eigenvalue weighted by molar-refractivity contribution is 0.582. The van der Waals surface area contributed by atoms with Crippen LogP contribution in [0.3, 0.4) is 0 Å². The van der Waals surface area contributed by atoms with Crippen LogP contribution in [0.1, 0.15) is 30.7 Å². The van der Waals surface area contributed by atoms with Gasteiger partial charge in [0.15, 0.2) is 5.82 Å². The molecule has 0 aliphatic heterocycles. The molecule has 2 heterocycles. The largest absolute Gasteiger partial charge is 0.263 e. The second-order valence-electron chi connectivity index (χ2n) is 4.77. The number of aryl methyl sites for hydroxylation is 1. The molecule has 1 atom stereocenters. The smallest absolute Gasteiger partial charge is 0.215 e. The number of thiazole rings is 1. The molecule has 0 fully saturated rings. The van der Waals surface area contributed by atoms with Crippen molar-refractivity contribution in [3.05, 3.63) is 35.7 Å². The van der Waals surface area contributed by atoms with Crippen LogP contribution in [0.15, 0.2) is 22.5 Å². The summed E-state index contributed by atoms with van der Waals surface area (Å²) in [7, 11) is -3.72. The fourth-order valence-electron chi connectivity index (χ4n) is 1.94. The highest BCUT2D eigenvalue weighted by Crippen LogP contribution is 2.32. The topological polar surface area (TPSA) is 88.6 Å². The maximum Gasteiger partial charge on any atom is 0.215 e. The third-order valence-electron chi connectivity index (χ3n) is 3.29. The normalized spacial score (nSPS) is 13.6. The van der Waals surface area contributed by atoms with Crippen molar-refractivity contribution in [3.63, 3.8) is 0 Å². The van der Waals surface area contributed by atoms with Gasteiger partial charge in [-0.05, 0) is 25.1 Å². The van der Waals surface area contributed by atoms with E-state index < -0.39 is 20.9 Å². The highest BCUT2D eigenvalue weighted by molar-refractivity contribution is 7.93. The number of halogens is 1. The van der Waals surface area contributed by atoms with Gasteiger partial charge in [0.1, 0.15) is 16.9 Å². The van der Waals surface area contributed by atoms with Gasteiger partial charge in [0, 0.05) is 6.42 Å². The van der Waals surface area contributed by atoms with E-state index in [1.165, 1.54) is 25.1 Å². The number of nitrogens with one attached hydrogen (secondary N) is 1. The van der Waals surface area contributed by atoms with Crippen LogP contribution in [0, 0.1) is 5.82 Å². The highest BCUT2D eigenvalue weighted by atomic mass is 32.2. The Kier molecular flexibility index (Phi) is 3.69. The average molecular weight is 340 g/mol. The number of aromatic nitrogens is 4. The van der Waals surface area contributed by atoms with Crippen molar-refractivity contribution in [1.29, 1.82) is 0 Å². The van der Waals surface area contributed by atoms with Crippen molar-refractivity contribution < 1.29 is 12.8 Å². The first-order chi connectivity index (χ1) is 10.4. The van der Waals surface area contributed by atoms with E-state index in [-0.39, 0.29) is 10.2 Å². The van der Waals surface area contributed by atoms with Crippen LogP contribution in [0.25, 0.3) is 10.2 Å². The zero-order valence-electron chi connectivity index (χ0n) is 11.9. The summed E-state index contributed by atoms with van der Waals surface area (Å²) >= 11 is 0.949. The van der Waals surface area contributed by atoms with Gasteiger partial charge in [0.2, 0.25) is 14.2 Å². The van der Waals surface area contributed by atoms with Gasteiger partial charge < -0.3 is 0 Å². The Morgan fingerprint density at radius 3 is 2.82 bits per heavy atom. The summed E-state index contributed by atoms with van der Waals surface area (Å²) in [5.74, 6) is 0.417. The molecule has 9 heteroatoms. The number of hydrogen-bond acceptors (Lipinski definition) is 6. The highest BCUT2D eigenvalue weighted by Gasteiger charge is 2.31. The van der Waals surface area contributed by atoms with Crippen LogP contribution < -0.4 is 0 Å². The molecular weight excluding hydrogens is 327 g/mol. The molecule has 0 bridgehead atoms. The Bertz CT molecular complexity index is 933. The quantitative estimate of drug-likeness (QED) is 0.789. The minimum Gasteiger partial charge on any atom is -0.263 e. The van der Waals surface area contributed by atoms with Crippen LogP contribution in [-0.2, 0) is 16.3 Å². The molecule has 0 aliphatic carbocycles. The van der Waals surface area contributed by atoms with Crippen molar-refractivity contribution >= 4 is 31.4 Å². The van der Waals surface area contributed by atoms with Crippen LogP contribution in [0.4, 0.5) is 4.39 Å². The molecule has 2 aromatic heterocycles. The van der Waals surface area contributed by atoms with Gasteiger partial charge in [-0.1, -0.05) is 6.92 Å². The standard InChI is InChI=1S/C13H13FN4O2S2/c1-3-11-16-12(18-17-11)7(2)22(19,20)13-15-9-5-4-8(14)6-10(9)21-13/h4-7H,3H2,1-2H3,(H,16,17,18). The Hall–Kier alpha value is -1.87. The lowest BCUT2D eigenvalue weighted by Crippen LogP contribution is -2.12. The molecule has 0 saturated heterocycles. The summed E-state index contributed by atoms with van der Waals surface area (Å²) in [6.07, 6.45) is 0.639. The molecule has 0 saturated carbocycles. The lowest BCUT2D eigenvalue weighted by atomic mass is 10.3. The molecule has 3 aromatic rings. The number of fused-ring (bicyclic) bond motifs is 1. The Morgan fingerprint density at radius 1 is 1.36 bits per heavy atom. The van der Waals surface area contributed by atoms with Gasteiger partial charge in [0.05, 0.1) is 10.2 Å². The summed E-state index contributed by atoms with van der Waals surface area (Å²) in [5.41, 5.74) is 0.460. The molecule has 0 spiro atoms. The molecule has 116 valence electrons. The number of sulfone groups is 1. The molecule has 22 heavy (non-hydrogen) atoms.